The molecule has 3 aromatic carbocycles. The van der Waals surface area contributed by atoms with Crippen LogP contribution >= 0.6 is 0 Å². The molecule has 0 radical (unpaired) electrons. The zero-order chi connectivity index (χ0) is 28.0. The first kappa shape index (κ1) is 25.1. The molecule has 0 saturated carbocycles. The van der Waals surface area contributed by atoms with Crippen LogP contribution in [-0.4, -0.2) is 38.5 Å². The highest BCUT2D eigenvalue weighted by molar-refractivity contribution is 5.98. The van der Waals surface area contributed by atoms with Gasteiger partial charge in [0.2, 0.25) is 0 Å². The Labute approximate surface area is 230 Å². The van der Waals surface area contributed by atoms with E-state index in [0.29, 0.717) is 39.4 Å². The minimum absolute atomic E-state index is 0.0781. The molecule has 40 heavy (non-hydrogen) atoms. The van der Waals surface area contributed by atoms with Crippen molar-refractivity contribution in [3.8, 4) is 28.4 Å². The summed E-state index contributed by atoms with van der Waals surface area (Å²) in [5, 5.41) is 7.14. The van der Waals surface area contributed by atoms with E-state index >= 15 is 0 Å². The van der Waals surface area contributed by atoms with Crippen LogP contribution in [0.25, 0.3) is 38.8 Å². The average Bonchev–Trinajstić information content (AvgIpc) is 3.33. The lowest BCUT2D eigenvalue weighted by Crippen LogP contribution is -2.25. The van der Waals surface area contributed by atoms with E-state index in [1.54, 1.807) is 23.5 Å². The number of fused-ring (bicyclic) bond motifs is 2. The summed E-state index contributed by atoms with van der Waals surface area (Å²) in [4.78, 5) is 22.8. The number of methoxy groups -OCH3 is 2. The van der Waals surface area contributed by atoms with Gasteiger partial charge in [-0.05, 0) is 60.7 Å². The van der Waals surface area contributed by atoms with Crippen molar-refractivity contribution in [2.24, 2.45) is 0 Å². The number of pyridine rings is 1. The second kappa shape index (κ2) is 9.85. The molecule has 3 aromatic heterocycles. The summed E-state index contributed by atoms with van der Waals surface area (Å²) < 4.78 is 14.5. The summed E-state index contributed by atoms with van der Waals surface area (Å²) in [7, 11) is 3.18. The van der Waals surface area contributed by atoms with Gasteiger partial charge < -0.3 is 15.2 Å². The van der Waals surface area contributed by atoms with Crippen LogP contribution in [0.3, 0.4) is 0 Å². The Morgan fingerprint density at radius 1 is 0.850 bits per heavy atom. The molecule has 0 bridgehead atoms. The molecule has 0 aliphatic carbocycles. The topological polar surface area (TPSA) is 110 Å². The van der Waals surface area contributed by atoms with E-state index in [9.17, 15) is 4.79 Å². The van der Waals surface area contributed by atoms with E-state index in [1.165, 1.54) is 6.33 Å². The Morgan fingerprint density at radius 2 is 1.62 bits per heavy atom. The van der Waals surface area contributed by atoms with Crippen molar-refractivity contribution in [2.75, 3.05) is 20.0 Å². The monoisotopic (exact) mass is 532 g/mol. The van der Waals surface area contributed by atoms with Gasteiger partial charge in [0.25, 0.3) is 5.56 Å². The SMILES string of the molecule is COc1ccc(-c2nn(Cc3cc4cccc(C)c4c(=O)n3-c3ccccc3C)c3ncnc(N)c23)cc1OC. The third kappa shape index (κ3) is 4.03. The smallest absolute Gasteiger partial charge is 0.263 e. The highest BCUT2D eigenvalue weighted by Gasteiger charge is 2.21. The number of benzene rings is 3. The zero-order valence-electron chi connectivity index (χ0n) is 22.7. The van der Waals surface area contributed by atoms with Crippen LogP contribution < -0.4 is 20.8 Å². The van der Waals surface area contributed by atoms with Crippen LogP contribution in [0.4, 0.5) is 5.82 Å². The quantitative estimate of drug-likeness (QED) is 0.319. The number of aryl methyl sites for hydroxylation is 2. The van der Waals surface area contributed by atoms with E-state index in [-0.39, 0.29) is 12.1 Å². The molecule has 6 rings (SSSR count). The van der Waals surface area contributed by atoms with E-state index in [0.717, 1.165) is 33.5 Å². The Bertz CT molecular complexity index is 1970. The van der Waals surface area contributed by atoms with Gasteiger partial charge in [0.1, 0.15) is 17.8 Å². The van der Waals surface area contributed by atoms with Gasteiger partial charge in [0.05, 0.1) is 37.2 Å². The van der Waals surface area contributed by atoms with Gasteiger partial charge in [-0.2, -0.15) is 5.10 Å². The molecule has 9 heteroatoms. The minimum Gasteiger partial charge on any atom is -0.493 e. The number of anilines is 1. The maximum Gasteiger partial charge on any atom is 0.263 e. The van der Waals surface area contributed by atoms with Gasteiger partial charge in [-0.15, -0.1) is 0 Å². The van der Waals surface area contributed by atoms with Crippen LogP contribution in [0.1, 0.15) is 16.8 Å². The van der Waals surface area contributed by atoms with Gasteiger partial charge in [-0.1, -0.05) is 36.4 Å². The highest BCUT2D eigenvalue weighted by atomic mass is 16.5. The molecule has 2 N–H and O–H groups in total. The molecule has 0 atom stereocenters. The summed E-state index contributed by atoms with van der Waals surface area (Å²) in [6.45, 7) is 4.23. The van der Waals surface area contributed by atoms with Gasteiger partial charge in [-0.25, -0.2) is 14.6 Å². The zero-order valence-corrected chi connectivity index (χ0v) is 22.7. The molecule has 0 aliphatic heterocycles. The maximum atomic E-state index is 14.1. The van der Waals surface area contributed by atoms with Gasteiger partial charge in [0, 0.05) is 11.3 Å². The maximum absolute atomic E-state index is 14.1. The number of aromatic nitrogens is 5. The number of nitrogens with two attached hydrogens (primary N) is 1. The number of rotatable bonds is 6. The lowest BCUT2D eigenvalue weighted by atomic mass is 10.1. The lowest BCUT2D eigenvalue weighted by molar-refractivity contribution is 0.355. The Hall–Kier alpha value is -5.18. The number of ether oxygens (including phenoxy) is 2. The number of hydrogen-bond acceptors (Lipinski definition) is 7. The summed E-state index contributed by atoms with van der Waals surface area (Å²) in [6.07, 6.45) is 1.42. The molecule has 0 saturated heterocycles. The standard InChI is InChI=1S/C31H28N6O3/c1-18-8-5-6-11-23(18)37-22(14-20-10-7-9-19(2)26(20)31(37)38)16-36-30-27(29(32)33-17-34-30)28(35-36)21-12-13-24(39-3)25(15-21)40-4/h5-15,17H,16H2,1-4H3,(H2,32,33,34). The fourth-order valence-corrected chi connectivity index (χ4v) is 5.26. The third-order valence-corrected chi connectivity index (χ3v) is 7.21. The summed E-state index contributed by atoms with van der Waals surface area (Å²) in [6, 6.07) is 21.4. The largest absolute Gasteiger partial charge is 0.493 e. The third-order valence-electron chi connectivity index (χ3n) is 7.21. The van der Waals surface area contributed by atoms with Gasteiger partial charge in [0.15, 0.2) is 17.1 Å². The van der Waals surface area contributed by atoms with Crippen LogP contribution in [0.5, 0.6) is 11.5 Å². The molecule has 0 unspecified atom stereocenters. The van der Waals surface area contributed by atoms with Gasteiger partial charge >= 0.3 is 0 Å². The average molecular weight is 533 g/mol. The summed E-state index contributed by atoms with van der Waals surface area (Å²) in [5.41, 5.74) is 11.7. The van der Waals surface area contributed by atoms with E-state index < -0.39 is 0 Å². The molecule has 0 aliphatic rings. The summed E-state index contributed by atoms with van der Waals surface area (Å²) >= 11 is 0. The van der Waals surface area contributed by atoms with Crippen molar-refractivity contribution in [2.45, 2.75) is 20.4 Å². The van der Waals surface area contributed by atoms with Crippen LogP contribution in [0.2, 0.25) is 0 Å². The number of para-hydroxylation sites is 1. The number of nitrogen functional groups attached to an aromatic ring is 1. The van der Waals surface area contributed by atoms with Crippen molar-refractivity contribution in [1.82, 2.24) is 24.3 Å². The summed E-state index contributed by atoms with van der Waals surface area (Å²) in [5.74, 6) is 1.48. The molecular weight excluding hydrogens is 504 g/mol. The molecule has 0 spiro atoms. The molecular formula is C31H28N6O3. The highest BCUT2D eigenvalue weighted by Crippen LogP contribution is 2.36. The van der Waals surface area contributed by atoms with Crippen molar-refractivity contribution in [1.29, 1.82) is 0 Å². The number of hydrogen-bond donors (Lipinski definition) is 1. The van der Waals surface area contributed by atoms with Gasteiger partial charge in [-0.3, -0.25) is 9.36 Å². The van der Waals surface area contributed by atoms with E-state index in [1.807, 2.05) is 80.6 Å². The fourth-order valence-electron chi connectivity index (χ4n) is 5.26. The molecule has 0 fully saturated rings. The Morgan fingerprint density at radius 3 is 2.40 bits per heavy atom. The fraction of sp³-hybridized carbons (Fsp3) is 0.161. The Balaban J connectivity index is 1.60. The molecule has 3 heterocycles. The minimum atomic E-state index is -0.0781. The second-order valence-electron chi connectivity index (χ2n) is 9.64. The molecule has 6 aromatic rings. The first-order valence-electron chi connectivity index (χ1n) is 12.8. The predicted molar refractivity (Wildman–Crippen MR) is 156 cm³/mol. The molecule has 9 nitrogen and oxygen atoms in total. The number of nitrogens with zero attached hydrogens (tertiary/aromatic N) is 5. The van der Waals surface area contributed by atoms with Crippen LogP contribution in [-0.2, 0) is 6.54 Å². The molecule has 0 amide bonds. The first-order chi connectivity index (χ1) is 19.4. The normalized spacial score (nSPS) is 11.3. The van der Waals surface area contributed by atoms with E-state index in [2.05, 4.69) is 9.97 Å². The van der Waals surface area contributed by atoms with Crippen molar-refractivity contribution in [3.05, 3.63) is 100 Å². The van der Waals surface area contributed by atoms with Crippen LogP contribution in [0, 0.1) is 13.8 Å². The van der Waals surface area contributed by atoms with Crippen LogP contribution in [0.15, 0.2) is 77.9 Å². The first-order valence-corrected chi connectivity index (χ1v) is 12.8. The van der Waals surface area contributed by atoms with Crippen molar-refractivity contribution >= 4 is 27.6 Å². The molecule has 200 valence electrons. The lowest BCUT2D eigenvalue weighted by Gasteiger charge is -2.17. The second-order valence-corrected chi connectivity index (χ2v) is 9.64. The predicted octanol–water partition coefficient (Wildman–Crippen LogP) is 5.06. The van der Waals surface area contributed by atoms with Crippen molar-refractivity contribution in [3.63, 3.8) is 0 Å². The van der Waals surface area contributed by atoms with Crippen molar-refractivity contribution < 1.29 is 9.47 Å². The van der Waals surface area contributed by atoms with E-state index in [4.69, 9.17) is 20.3 Å². The Kier molecular flexibility index (Phi) is 6.18.